The molecule has 150 valence electrons. The van der Waals surface area contributed by atoms with Gasteiger partial charge in [-0.05, 0) is 65.4 Å². The number of benzene rings is 3. The molecule has 2 N–H and O–H groups in total. The van der Waals surface area contributed by atoms with E-state index in [1.54, 1.807) is 18.3 Å². The van der Waals surface area contributed by atoms with Gasteiger partial charge in [-0.25, -0.2) is 0 Å². The standard InChI is InChI=1S/C26H24N2O2/c1-30-25-15-17(9-14-24(25)29)16-27-19-12-10-18(11-13-19)26-22-7-4-6-20(22)21-5-2-3-8-23(21)28-26/h2-6,8-16,20,22,26,28-29H,7H2,1H3/t20-,22-,26-/m0/s1. The molecule has 2 aliphatic rings. The summed E-state index contributed by atoms with van der Waals surface area (Å²) in [5.74, 6) is 1.59. The predicted octanol–water partition coefficient (Wildman–Crippen LogP) is 5.98. The molecule has 4 nitrogen and oxygen atoms in total. The number of allylic oxidation sites excluding steroid dienone is 2. The lowest BCUT2D eigenvalue weighted by molar-refractivity contribution is 0.373. The molecule has 1 aliphatic heterocycles. The summed E-state index contributed by atoms with van der Waals surface area (Å²) in [6.45, 7) is 0. The van der Waals surface area contributed by atoms with Crippen molar-refractivity contribution in [3.05, 3.63) is 95.6 Å². The normalized spacial score (nSPS) is 21.8. The van der Waals surface area contributed by atoms with Crippen LogP contribution in [-0.4, -0.2) is 18.4 Å². The molecule has 3 aromatic rings. The van der Waals surface area contributed by atoms with Crippen LogP contribution in [0.3, 0.4) is 0 Å². The highest BCUT2D eigenvalue weighted by Gasteiger charge is 2.37. The highest BCUT2D eigenvalue weighted by atomic mass is 16.5. The van der Waals surface area contributed by atoms with Crippen molar-refractivity contribution in [1.29, 1.82) is 0 Å². The van der Waals surface area contributed by atoms with Crippen LogP contribution < -0.4 is 10.1 Å². The Morgan fingerprint density at radius 1 is 1.07 bits per heavy atom. The molecule has 1 aliphatic carbocycles. The molecule has 0 unspecified atom stereocenters. The summed E-state index contributed by atoms with van der Waals surface area (Å²) in [5, 5.41) is 13.5. The van der Waals surface area contributed by atoms with Gasteiger partial charge >= 0.3 is 0 Å². The molecule has 0 fully saturated rings. The lowest BCUT2D eigenvalue weighted by atomic mass is 9.77. The number of hydrogen-bond acceptors (Lipinski definition) is 4. The molecule has 0 radical (unpaired) electrons. The van der Waals surface area contributed by atoms with Crippen LogP contribution in [0.25, 0.3) is 0 Å². The maximum absolute atomic E-state index is 9.72. The molecule has 1 heterocycles. The first-order valence-corrected chi connectivity index (χ1v) is 10.3. The van der Waals surface area contributed by atoms with Crippen LogP contribution in [0.1, 0.15) is 35.1 Å². The molecule has 4 heteroatoms. The van der Waals surface area contributed by atoms with Crippen LogP contribution in [0.2, 0.25) is 0 Å². The number of methoxy groups -OCH3 is 1. The van der Waals surface area contributed by atoms with E-state index in [-0.39, 0.29) is 5.75 Å². The van der Waals surface area contributed by atoms with Gasteiger partial charge in [0.25, 0.3) is 0 Å². The summed E-state index contributed by atoms with van der Waals surface area (Å²) in [4.78, 5) is 4.58. The van der Waals surface area contributed by atoms with E-state index in [0.29, 0.717) is 23.6 Å². The van der Waals surface area contributed by atoms with Gasteiger partial charge in [-0.15, -0.1) is 0 Å². The number of aliphatic imine (C=N–C) groups is 1. The first kappa shape index (κ1) is 18.5. The van der Waals surface area contributed by atoms with Crippen molar-refractivity contribution in [2.24, 2.45) is 10.9 Å². The van der Waals surface area contributed by atoms with Gasteiger partial charge in [-0.2, -0.15) is 0 Å². The Morgan fingerprint density at radius 3 is 2.73 bits per heavy atom. The van der Waals surface area contributed by atoms with Gasteiger partial charge in [0.2, 0.25) is 0 Å². The van der Waals surface area contributed by atoms with E-state index in [2.05, 4.69) is 71.0 Å². The van der Waals surface area contributed by atoms with E-state index in [9.17, 15) is 5.11 Å². The third kappa shape index (κ3) is 3.35. The summed E-state index contributed by atoms with van der Waals surface area (Å²) in [6, 6.07) is 22.6. The lowest BCUT2D eigenvalue weighted by Crippen LogP contribution is -2.28. The Bertz CT molecular complexity index is 1120. The molecule has 0 amide bonds. The molecule has 3 aromatic carbocycles. The number of anilines is 1. The van der Waals surface area contributed by atoms with Crippen LogP contribution in [0.5, 0.6) is 11.5 Å². The summed E-state index contributed by atoms with van der Waals surface area (Å²) >= 11 is 0. The summed E-state index contributed by atoms with van der Waals surface area (Å²) < 4.78 is 5.16. The molecule has 5 rings (SSSR count). The second-order valence-corrected chi connectivity index (χ2v) is 7.84. The Hall–Kier alpha value is -3.53. The van der Waals surface area contributed by atoms with E-state index in [1.165, 1.54) is 23.9 Å². The molecule has 0 bridgehead atoms. The third-order valence-electron chi connectivity index (χ3n) is 6.09. The molecule has 0 saturated heterocycles. The zero-order valence-electron chi connectivity index (χ0n) is 16.8. The maximum atomic E-state index is 9.72. The zero-order chi connectivity index (χ0) is 20.5. The fourth-order valence-electron chi connectivity index (χ4n) is 4.56. The quantitative estimate of drug-likeness (QED) is 0.421. The number of para-hydroxylation sites is 1. The highest BCUT2D eigenvalue weighted by molar-refractivity contribution is 5.83. The van der Waals surface area contributed by atoms with Crippen molar-refractivity contribution in [3.8, 4) is 11.5 Å². The summed E-state index contributed by atoms with van der Waals surface area (Å²) in [5.41, 5.74) is 5.69. The molecule has 30 heavy (non-hydrogen) atoms. The Labute approximate surface area is 176 Å². The van der Waals surface area contributed by atoms with Crippen molar-refractivity contribution in [2.75, 3.05) is 12.4 Å². The van der Waals surface area contributed by atoms with Gasteiger partial charge in [0.15, 0.2) is 11.5 Å². The van der Waals surface area contributed by atoms with Crippen molar-refractivity contribution >= 4 is 17.6 Å². The largest absolute Gasteiger partial charge is 0.504 e. The molecule has 0 saturated carbocycles. The van der Waals surface area contributed by atoms with Crippen LogP contribution in [0.15, 0.2) is 83.9 Å². The minimum absolute atomic E-state index is 0.125. The monoisotopic (exact) mass is 396 g/mol. The molecule has 0 spiro atoms. The van der Waals surface area contributed by atoms with E-state index in [0.717, 1.165) is 17.7 Å². The van der Waals surface area contributed by atoms with E-state index < -0.39 is 0 Å². The Balaban J connectivity index is 1.37. The maximum Gasteiger partial charge on any atom is 0.161 e. The van der Waals surface area contributed by atoms with Crippen molar-refractivity contribution < 1.29 is 9.84 Å². The first-order valence-electron chi connectivity index (χ1n) is 10.3. The number of hydrogen-bond donors (Lipinski definition) is 2. The fourth-order valence-corrected chi connectivity index (χ4v) is 4.56. The number of ether oxygens (including phenoxy) is 1. The van der Waals surface area contributed by atoms with Crippen LogP contribution in [0.4, 0.5) is 11.4 Å². The average Bonchev–Trinajstić information content (AvgIpc) is 3.29. The average molecular weight is 396 g/mol. The van der Waals surface area contributed by atoms with Gasteiger partial charge in [-0.3, -0.25) is 4.99 Å². The lowest BCUT2D eigenvalue weighted by Gasteiger charge is -2.37. The smallest absolute Gasteiger partial charge is 0.161 e. The number of nitrogens with zero attached hydrogens (tertiary/aromatic N) is 1. The third-order valence-corrected chi connectivity index (χ3v) is 6.09. The van der Waals surface area contributed by atoms with E-state index >= 15 is 0 Å². The second kappa shape index (κ2) is 7.71. The molecule has 3 atom stereocenters. The summed E-state index contributed by atoms with van der Waals surface area (Å²) in [7, 11) is 1.54. The first-order chi connectivity index (χ1) is 14.7. The van der Waals surface area contributed by atoms with Crippen molar-refractivity contribution in [1.82, 2.24) is 0 Å². The molecular formula is C26H24N2O2. The number of aromatic hydroxyl groups is 1. The molecule has 0 aromatic heterocycles. The number of phenolic OH excluding ortho intramolecular Hbond substituents is 1. The summed E-state index contributed by atoms with van der Waals surface area (Å²) in [6.07, 6.45) is 7.56. The van der Waals surface area contributed by atoms with Gasteiger partial charge < -0.3 is 15.2 Å². The number of fused-ring (bicyclic) bond motifs is 3. The van der Waals surface area contributed by atoms with Gasteiger partial charge in [0.1, 0.15) is 0 Å². The number of phenols is 1. The SMILES string of the molecule is COc1cc(C=Nc2ccc([C@@H]3Nc4ccccc4[C@@H]4C=CC[C@@H]43)cc2)ccc1O. The van der Waals surface area contributed by atoms with Crippen LogP contribution >= 0.6 is 0 Å². The topological polar surface area (TPSA) is 53.8 Å². The van der Waals surface area contributed by atoms with Gasteiger partial charge in [0.05, 0.1) is 18.8 Å². The minimum atomic E-state index is 0.125. The zero-order valence-corrected chi connectivity index (χ0v) is 16.8. The fraction of sp³-hybridized carbons (Fsp3) is 0.192. The van der Waals surface area contributed by atoms with E-state index in [4.69, 9.17) is 4.74 Å². The van der Waals surface area contributed by atoms with Crippen molar-refractivity contribution in [2.45, 2.75) is 18.4 Å². The van der Waals surface area contributed by atoms with Gasteiger partial charge in [0, 0.05) is 17.8 Å². The predicted molar refractivity (Wildman–Crippen MR) is 121 cm³/mol. The second-order valence-electron chi connectivity index (χ2n) is 7.84. The van der Waals surface area contributed by atoms with Crippen molar-refractivity contribution in [3.63, 3.8) is 0 Å². The van der Waals surface area contributed by atoms with E-state index in [1.807, 2.05) is 6.07 Å². The van der Waals surface area contributed by atoms with Crippen LogP contribution in [0, 0.1) is 5.92 Å². The molecular weight excluding hydrogens is 372 g/mol. The Morgan fingerprint density at radius 2 is 1.90 bits per heavy atom. The Kier molecular flexibility index (Phi) is 4.75. The van der Waals surface area contributed by atoms with Gasteiger partial charge in [-0.1, -0.05) is 42.5 Å². The number of nitrogens with one attached hydrogen (secondary N) is 1. The minimum Gasteiger partial charge on any atom is -0.504 e. The highest BCUT2D eigenvalue weighted by Crippen LogP contribution is 2.49. The number of rotatable bonds is 4. The van der Waals surface area contributed by atoms with Crippen LogP contribution in [-0.2, 0) is 0 Å².